The third kappa shape index (κ3) is 5.04. The van der Waals surface area contributed by atoms with Crippen LogP contribution in [0.15, 0.2) is 0 Å². The zero-order chi connectivity index (χ0) is 17.8. The fourth-order valence-corrected chi connectivity index (χ4v) is 7.07. The molecule has 3 atom stereocenters. The molecular weight excluding hydrogens is 300 g/mol. The van der Waals surface area contributed by atoms with Crippen LogP contribution >= 0.6 is 0 Å². The molecule has 3 fully saturated rings. The van der Waals surface area contributed by atoms with Crippen molar-refractivity contribution in [2.45, 2.75) is 111 Å². The highest BCUT2D eigenvalue weighted by molar-refractivity contribution is 4.89. The van der Waals surface area contributed by atoms with Gasteiger partial charge in [-0.15, -0.1) is 0 Å². The second-order valence-electron chi connectivity index (χ2n) is 10.7. The summed E-state index contributed by atoms with van der Waals surface area (Å²) in [7, 11) is 0. The molecule has 0 aromatic carbocycles. The van der Waals surface area contributed by atoms with Gasteiger partial charge in [0.15, 0.2) is 0 Å². The minimum absolute atomic E-state index is 0.915. The second-order valence-corrected chi connectivity index (χ2v) is 10.7. The van der Waals surface area contributed by atoms with E-state index in [9.17, 15) is 0 Å². The number of rotatable bonds is 5. The Kier molecular flexibility index (Phi) is 7.33. The molecule has 3 saturated carbocycles. The van der Waals surface area contributed by atoms with E-state index in [1.54, 1.807) is 44.9 Å². The molecule has 0 nitrogen and oxygen atoms in total. The van der Waals surface area contributed by atoms with Crippen LogP contribution in [-0.4, -0.2) is 0 Å². The van der Waals surface area contributed by atoms with Gasteiger partial charge in [0.2, 0.25) is 0 Å². The first-order chi connectivity index (χ1) is 12.1. The molecule has 0 saturated heterocycles. The largest absolute Gasteiger partial charge is 0.0654 e. The Bertz CT molecular complexity index is 367. The van der Waals surface area contributed by atoms with Gasteiger partial charge in [0.1, 0.15) is 0 Å². The summed E-state index contributed by atoms with van der Waals surface area (Å²) >= 11 is 0. The topological polar surface area (TPSA) is 0 Å². The van der Waals surface area contributed by atoms with Crippen molar-refractivity contribution in [1.29, 1.82) is 0 Å². The molecule has 0 heteroatoms. The van der Waals surface area contributed by atoms with Crippen LogP contribution in [0.1, 0.15) is 111 Å². The quantitative estimate of drug-likeness (QED) is 0.471. The van der Waals surface area contributed by atoms with Crippen molar-refractivity contribution < 1.29 is 0 Å². The van der Waals surface area contributed by atoms with Crippen LogP contribution < -0.4 is 0 Å². The lowest BCUT2D eigenvalue weighted by atomic mass is 9.60. The Hall–Kier alpha value is 0. The van der Waals surface area contributed by atoms with E-state index in [-0.39, 0.29) is 0 Å². The molecule has 0 aliphatic heterocycles. The van der Waals surface area contributed by atoms with Crippen molar-refractivity contribution in [1.82, 2.24) is 0 Å². The van der Waals surface area contributed by atoms with E-state index >= 15 is 0 Å². The summed E-state index contributed by atoms with van der Waals surface area (Å²) in [6.07, 6.45) is 20.0. The van der Waals surface area contributed by atoms with Crippen molar-refractivity contribution in [2.75, 3.05) is 0 Å². The molecule has 0 heterocycles. The van der Waals surface area contributed by atoms with E-state index < -0.39 is 0 Å². The molecule has 0 bridgehead atoms. The fraction of sp³-hybridized carbons (Fsp3) is 1.00. The molecule has 0 spiro atoms. The van der Waals surface area contributed by atoms with Crippen LogP contribution in [0.2, 0.25) is 0 Å². The molecule has 0 radical (unpaired) electrons. The smallest absolute Gasteiger partial charge is 0.0357 e. The van der Waals surface area contributed by atoms with Gasteiger partial charge >= 0.3 is 0 Å². The predicted octanol–water partition coefficient (Wildman–Crippen LogP) is 8.11. The van der Waals surface area contributed by atoms with Gasteiger partial charge in [-0.1, -0.05) is 53.4 Å². The highest BCUT2D eigenvalue weighted by atomic mass is 14.4. The molecule has 3 aliphatic carbocycles. The molecule has 3 aliphatic rings. The Balaban J connectivity index is 1.54. The summed E-state index contributed by atoms with van der Waals surface area (Å²) in [6, 6.07) is 0. The zero-order valence-electron chi connectivity index (χ0n) is 17.8. The van der Waals surface area contributed by atoms with Crippen LogP contribution in [0, 0.1) is 47.3 Å². The molecule has 146 valence electrons. The maximum absolute atomic E-state index is 2.48. The lowest BCUT2D eigenvalue weighted by Gasteiger charge is -2.46. The average molecular weight is 347 g/mol. The van der Waals surface area contributed by atoms with E-state index in [0.29, 0.717) is 0 Å². The molecule has 3 unspecified atom stereocenters. The lowest BCUT2D eigenvalue weighted by molar-refractivity contribution is 0.0494. The summed E-state index contributed by atoms with van der Waals surface area (Å²) < 4.78 is 0. The Morgan fingerprint density at radius 3 is 1.92 bits per heavy atom. The fourth-order valence-electron chi connectivity index (χ4n) is 7.07. The minimum atomic E-state index is 0.915. The van der Waals surface area contributed by atoms with Crippen LogP contribution in [-0.2, 0) is 0 Å². The van der Waals surface area contributed by atoms with Crippen LogP contribution in [0.25, 0.3) is 0 Å². The molecule has 25 heavy (non-hydrogen) atoms. The molecule has 0 aromatic heterocycles. The summed E-state index contributed by atoms with van der Waals surface area (Å²) in [4.78, 5) is 0. The second kappa shape index (κ2) is 9.27. The highest BCUT2D eigenvalue weighted by Gasteiger charge is 2.39. The molecule has 0 N–H and O–H groups in total. The maximum atomic E-state index is 2.48. The molecule has 0 aromatic rings. The minimum Gasteiger partial charge on any atom is -0.0654 e. The van der Waals surface area contributed by atoms with Crippen LogP contribution in [0.5, 0.6) is 0 Å². The van der Waals surface area contributed by atoms with Gasteiger partial charge in [0, 0.05) is 0 Å². The van der Waals surface area contributed by atoms with Gasteiger partial charge in [-0.05, 0) is 105 Å². The van der Waals surface area contributed by atoms with E-state index in [2.05, 4.69) is 27.7 Å². The molecular formula is C25H46. The van der Waals surface area contributed by atoms with Crippen LogP contribution in [0.3, 0.4) is 0 Å². The van der Waals surface area contributed by atoms with Crippen molar-refractivity contribution in [3.8, 4) is 0 Å². The third-order valence-electron chi connectivity index (χ3n) is 8.83. The van der Waals surface area contributed by atoms with Crippen molar-refractivity contribution in [3.63, 3.8) is 0 Å². The van der Waals surface area contributed by atoms with Gasteiger partial charge in [0.25, 0.3) is 0 Å². The van der Waals surface area contributed by atoms with E-state index in [4.69, 9.17) is 0 Å². The predicted molar refractivity (Wildman–Crippen MR) is 111 cm³/mol. The van der Waals surface area contributed by atoms with E-state index in [1.807, 2.05) is 0 Å². The van der Waals surface area contributed by atoms with Gasteiger partial charge in [-0.3, -0.25) is 0 Å². The van der Waals surface area contributed by atoms with Gasteiger partial charge in [-0.25, -0.2) is 0 Å². The number of hydrogen-bond acceptors (Lipinski definition) is 0. The van der Waals surface area contributed by atoms with Crippen molar-refractivity contribution in [2.24, 2.45) is 47.3 Å². The summed E-state index contributed by atoms with van der Waals surface area (Å²) in [6.45, 7) is 9.79. The summed E-state index contributed by atoms with van der Waals surface area (Å²) in [5.41, 5.74) is 0. The SMILES string of the molecule is CCCC1CC(C2CCC(C(C)C)CC2)CCC1C1CCC(C)CC1. The van der Waals surface area contributed by atoms with Gasteiger partial charge < -0.3 is 0 Å². The first-order valence-electron chi connectivity index (χ1n) is 12.1. The van der Waals surface area contributed by atoms with E-state index in [1.165, 1.54) is 38.5 Å². The lowest BCUT2D eigenvalue weighted by Crippen LogP contribution is -2.35. The maximum Gasteiger partial charge on any atom is -0.0357 e. The first kappa shape index (κ1) is 19.8. The summed E-state index contributed by atoms with van der Waals surface area (Å²) in [5, 5.41) is 0. The average Bonchev–Trinajstić information content (AvgIpc) is 2.63. The molecule has 3 rings (SSSR count). The normalized spacial score (nSPS) is 43.3. The molecule has 0 amide bonds. The Morgan fingerprint density at radius 2 is 1.32 bits per heavy atom. The number of hydrogen-bond donors (Lipinski definition) is 0. The van der Waals surface area contributed by atoms with Gasteiger partial charge in [0.05, 0.1) is 0 Å². The highest BCUT2D eigenvalue weighted by Crippen LogP contribution is 2.49. The Morgan fingerprint density at radius 1 is 0.720 bits per heavy atom. The monoisotopic (exact) mass is 346 g/mol. The van der Waals surface area contributed by atoms with E-state index in [0.717, 1.165) is 47.3 Å². The standard InChI is InChI=1S/C25H46/c1-5-6-24-17-23(21-13-11-20(12-14-21)18(2)3)15-16-25(24)22-9-7-19(4)8-10-22/h18-25H,5-17H2,1-4H3. The van der Waals surface area contributed by atoms with Crippen LogP contribution in [0.4, 0.5) is 0 Å². The summed E-state index contributed by atoms with van der Waals surface area (Å²) in [5.74, 6) is 8.38. The van der Waals surface area contributed by atoms with Gasteiger partial charge in [-0.2, -0.15) is 0 Å². The Labute approximate surface area is 158 Å². The third-order valence-corrected chi connectivity index (χ3v) is 8.83. The zero-order valence-corrected chi connectivity index (χ0v) is 17.8. The van der Waals surface area contributed by atoms with Crippen molar-refractivity contribution >= 4 is 0 Å². The van der Waals surface area contributed by atoms with Crippen molar-refractivity contribution in [3.05, 3.63) is 0 Å². The first-order valence-corrected chi connectivity index (χ1v) is 12.1.